The second kappa shape index (κ2) is 6.67. The Morgan fingerprint density at radius 1 is 1.53 bits per heavy atom. The Morgan fingerprint density at radius 3 is 2.71 bits per heavy atom. The molecule has 0 heterocycles. The molecule has 1 aromatic carbocycles. The summed E-state index contributed by atoms with van der Waals surface area (Å²) in [4.78, 5) is 2.18. The van der Waals surface area contributed by atoms with Gasteiger partial charge in [0.25, 0.3) is 0 Å². The molecule has 1 rings (SSSR count). The highest BCUT2D eigenvalue weighted by Gasteiger charge is 2.10. The highest BCUT2D eigenvalue weighted by Crippen LogP contribution is 2.29. The molecular weight excluding hydrogens is 234 g/mol. The molecule has 0 amide bonds. The van der Waals surface area contributed by atoms with Crippen molar-refractivity contribution in [3.05, 3.63) is 41.4 Å². The van der Waals surface area contributed by atoms with Crippen LogP contribution in [0.5, 0.6) is 0 Å². The van der Waals surface area contributed by atoms with Crippen LogP contribution in [0.4, 0.5) is 5.69 Å². The summed E-state index contributed by atoms with van der Waals surface area (Å²) in [5, 5.41) is 10.2. The predicted octanol–water partition coefficient (Wildman–Crippen LogP) is 3.80. The summed E-state index contributed by atoms with van der Waals surface area (Å²) < 4.78 is 0. The van der Waals surface area contributed by atoms with Crippen LogP contribution in [-0.2, 0) is 0 Å². The van der Waals surface area contributed by atoms with E-state index in [4.69, 9.17) is 11.6 Å². The van der Waals surface area contributed by atoms with Gasteiger partial charge in [0.2, 0.25) is 0 Å². The van der Waals surface area contributed by atoms with E-state index in [1.807, 2.05) is 24.3 Å². The molecular formula is C14H20ClNO. The lowest BCUT2D eigenvalue weighted by atomic mass is 10.1. The number of hydrogen-bond acceptors (Lipinski definition) is 2. The molecule has 0 fully saturated rings. The monoisotopic (exact) mass is 253 g/mol. The molecule has 0 saturated heterocycles. The minimum absolute atomic E-state index is 0.486. The fraction of sp³-hybridized carbons (Fsp3) is 0.429. The van der Waals surface area contributed by atoms with Crippen LogP contribution in [0, 0.1) is 0 Å². The minimum atomic E-state index is -0.486. The third kappa shape index (κ3) is 3.76. The maximum atomic E-state index is 9.50. The largest absolute Gasteiger partial charge is 0.389 e. The van der Waals surface area contributed by atoms with E-state index in [9.17, 15) is 5.11 Å². The minimum Gasteiger partial charge on any atom is -0.389 e. The Kier molecular flexibility index (Phi) is 5.52. The van der Waals surface area contributed by atoms with Crippen LogP contribution in [-0.4, -0.2) is 18.2 Å². The van der Waals surface area contributed by atoms with Crippen LogP contribution in [0.25, 0.3) is 0 Å². The highest BCUT2D eigenvalue weighted by molar-refractivity contribution is 6.33. The van der Waals surface area contributed by atoms with Crippen molar-refractivity contribution < 1.29 is 5.11 Å². The number of aliphatic hydroxyl groups excluding tert-OH is 1. The van der Waals surface area contributed by atoms with E-state index >= 15 is 0 Å². The van der Waals surface area contributed by atoms with Gasteiger partial charge in [-0.2, -0.15) is 0 Å². The summed E-state index contributed by atoms with van der Waals surface area (Å²) in [5.41, 5.74) is 1.84. The van der Waals surface area contributed by atoms with Crippen LogP contribution in [0.2, 0.25) is 5.02 Å². The maximum absolute atomic E-state index is 9.50. The second-order valence-electron chi connectivity index (χ2n) is 4.12. The van der Waals surface area contributed by atoms with E-state index in [0.717, 1.165) is 30.8 Å². The molecule has 1 atom stereocenters. The molecule has 0 bridgehead atoms. The number of hydrogen-bond donors (Lipinski definition) is 1. The number of rotatable bonds is 6. The molecule has 1 N–H and O–H groups in total. The zero-order chi connectivity index (χ0) is 12.8. The van der Waals surface area contributed by atoms with Crippen molar-refractivity contribution in [1.82, 2.24) is 0 Å². The molecule has 94 valence electrons. The Labute approximate surface area is 109 Å². The van der Waals surface area contributed by atoms with Crippen LogP contribution >= 0.6 is 11.6 Å². The molecule has 0 saturated carbocycles. The predicted molar refractivity (Wildman–Crippen MR) is 74.8 cm³/mol. The first-order chi connectivity index (χ1) is 8.10. The van der Waals surface area contributed by atoms with Crippen molar-refractivity contribution in [1.29, 1.82) is 0 Å². The molecule has 0 aliphatic rings. The molecule has 0 unspecified atom stereocenters. The van der Waals surface area contributed by atoms with Crippen molar-refractivity contribution in [2.45, 2.75) is 26.4 Å². The van der Waals surface area contributed by atoms with Gasteiger partial charge < -0.3 is 10.0 Å². The van der Waals surface area contributed by atoms with Crippen molar-refractivity contribution in [2.75, 3.05) is 18.0 Å². The van der Waals surface area contributed by atoms with Gasteiger partial charge in [0.15, 0.2) is 0 Å². The smallest absolute Gasteiger partial charge is 0.0762 e. The number of halogens is 1. The van der Waals surface area contributed by atoms with Gasteiger partial charge in [-0.1, -0.05) is 30.7 Å². The summed E-state index contributed by atoms with van der Waals surface area (Å²) in [5.74, 6) is 0. The molecule has 0 aliphatic carbocycles. The fourth-order valence-corrected chi connectivity index (χ4v) is 2.08. The fourth-order valence-electron chi connectivity index (χ4n) is 1.78. The van der Waals surface area contributed by atoms with Crippen LogP contribution < -0.4 is 4.90 Å². The molecule has 2 nitrogen and oxygen atoms in total. The number of benzene rings is 1. The van der Waals surface area contributed by atoms with Gasteiger partial charge in [-0.05, 0) is 31.0 Å². The van der Waals surface area contributed by atoms with E-state index in [0.29, 0.717) is 5.02 Å². The van der Waals surface area contributed by atoms with E-state index in [1.165, 1.54) is 0 Å². The Hall–Kier alpha value is -0.990. The summed E-state index contributed by atoms with van der Waals surface area (Å²) >= 11 is 6.25. The zero-order valence-corrected chi connectivity index (χ0v) is 11.2. The highest BCUT2D eigenvalue weighted by atomic mass is 35.5. The van der Waals surface area contributed by atoms with Gasteiger partial charge in [-0.3, -0.25) is 0 Å². The normalized spacial score (nSPS) is 12.2. The standard InChI is InChI=1S/C14H20ClNO/c1-4-8-16(9-5-2)14-7-6-12(11(3)17)10-13(14)15/h4,6-7,10-11,17H,1,5,8-9H2,2-3H3/t11-/m1/s1. The van der Waals surface area contributed by atoms with Gasteiger partial charge in [0, 0.05) is 13.1 Å². The van der Waals surface area contributed by atoms with Crippen LogP contribution in [0.3, 0.4) is 0 Å². The van der Waals surface area contributed by atoms with Gasteiger partial charge in [0.05, 0.1) is 16.8 Å². The number of anilines is 1. The Balaban J connectivity index is 2.99. The molecule has 3 heteroatoms. The summed E-state index contributed by atoms with van der Waals surface area (Å²) in [6.07, 6.45) is 2.44. The van der Waals surface area contributed by atoms with E-state index in [1.54, 1.807) is 6.92 Å². The Morgan fingerprint density at radius 2 is 2.24 bits per heavy atom. The third-order valence-electron chi connectivity index (χ3n) is 2.64. The van der Waals surface area contributed by atoms with Gasteiger partial charge >= 0.3 is 0 Å². The summed E-state index contributed by atoms with van der Waals surface area (Å²) in [7, 11) is 0. The summed E-state index contributed by atoms with van der Waals surface area (Å²) in [6.45, 7) is 9.35. The molecule has 0 radical (unpaired) electrons. The topological polar surface area (TPSA) is 23.5 Å². The third-order valence-corrected chi connectivity index (χ3v) is 2.94. The van der Waals surface area contributed by atoms with Crippen molar-refractivity contribution >= 4 is 17.3 Å². The van der Waals surface area contributed by atoms with Gasteiger partial charge in [-0.15, -0.1) is 6.58 Å². The van der Waals surface area contributed by atoms with Crippen molar-refractivity contribution in [3.63, 3.8) is 0 Å². The lowest BCUT2D eigenvalue weighted by molar-refractivity contribution is 0.199. The summed E-state index contributed by atoms with van der Waals surface area (Å²) in [6, 6.07) is 5.70. The average molecular weight is 254 g/mol. The van der Waals surface area contributed by atoms with Crippen LogP contribution in [0.1, 0.15) is 31.9 Å². The Bertz CT molecular complexity index is 376. The van der Waals surface area contributed by atoms with Crippen molar-refractivity contribution in [3.8, 4) is 0 Å². The number of nitrogens with zero attached hydrogens (tertiary/aromatic N) is 1. The van der Waals surface area contributed by atoms with E-state index in [2.05, 4.69) is 18.4 Å². The molecule has 0 spiro atoms. The molecule has 1 aromatic rings. The SMILES string of the molecule is C=CCN(CCC)c1ccc([C@@H](C)O)cc1Cl. The van der Waals surface area contributed by atoms with E-state index in [-0.39, 0.29) is 0 Å². The molecule has 0 aliphatic heterocycles. The van der Waals surface area contributed by atoms with Crippen molar-refractivity contribution in [2.24, 2.45) is 0 Å². The quantitative estimate of drug-likeness (QED) is 0.780. The van der Waals surface area contributed by atoms with Gasteiger partial charge in [-0.25, -0.2) is 0 Å². The lowest BCUT2D eigenvalue weighted by Gasteiger charge is -2.24. The molecule has 17 heavy (non-hydrogen) atoms. The first-order valence-corrected chi connectivity index (χ1v) is 6.31. The van der Waals surface area contributed by atoms with E-state index < -0.39 is 6.10 Å². The zero-order valence-electron chi connectivity index (χ0n) is 10.5. The average Bonchev–Trinajstić information content (AvgIpc) is 2.28. The lowest BCUT2D eigenvalue weighted by Crippen LogP contribution is -2.24. The number of aliphatic hydroxyl groups is 1. The van der Waals surface area contributed by atoms with Gasteiger partial charge in [0.1, 0.15) is 0 Å². The first kappa shape index (κ1) is 14.1. The van der Waals surface area contributed by atoms with Crippen LogP contribution in [0.15, 0.2) is 30.9 Å². The molecule has 0 aromatic heterocycles. The first-order valence-electron chi connectivity index (χ1n) is 5.93. The second-order valence-corrected chi connectivity index (χ2v) is 4.53. The maximum Gasteiger partial charge on any atom is 0.0762 e.